The molecule has 2 atom stereocenters. The molecule has 0 rings (SSSR count). The number of unbranched alkanes of at least 4 members (excludes halogenated alkanes) is 6. The first-order valence-corrected chi connectivity index (χ1v) is 12.7. The van der Waals surface area contributed by atoms with Crippen LogP contribution in [0.3, 0.4) is 0 Å². The molecule has 30 heavy (non-hydrogen) atoms. The molecule has 0 fully saturated rings. The summed E-state index contributed by atoms with van der Waals surface area (Å²) in [7, 11) is 1.35. The van der Waals surface area contributed by atoms with Crippen molar-refractivity contribution in [1.29, 1.82) is 0 Å². The summed E-state index contributed by atoms with van der Waals surface area (Å²) in [5.74, 6) is -0.375. The normalized spacial score (nSPS) is 15.0. The number of carbonyl (C=O) groups is 1. The number of hydrogen-bond donors (Lipinski definition) is 0. The SMILES string of the molecule is CCCCCCCCOCC(COP(=O)([O-])OCC[N+](C)(C)C)OC(=O)CCCC. The van der Waals surface area contributed by atoms with Crippen LogP contribution in [0.5, 0.6) is 0 Å². The first kappa shape index (κ1) is 29.5. The average Bonchev–Trinajstić information content (AvgIpc) is 2.65. The quantitative estimate of drug-likeness (QED) is 0.120. The molecule has 9 heteroatoms. The van der Waals surface area contributed by atoms with Crippen molar-refractivity contribution in [3.05, 3.63) is 0 Å². The summed E-state index contributed by atoms with van der Waals surface area (Å²) in [6, 6.07) is 0. The Labute approximate surface area is 183 Å². The van der Waals surface area contributed by atoms with Crippen LogP contribution in [0.15, 0.2) is 0 Å². The van der Waals surface area contributed by atoms with Gasteiger partial charge in [-0.25, -0.2) is 0 Å². The molecule has 0 spiro atoms. The lowest BCUT2D eigenvalue weighted by molar-refractivity contribution is -0.870. The van der Waals surface area contributed by atoms with E-state index in [0.717, 1.165) is 25.7 Å². The van der Waals surface area contributed by atoms with Crippen LogP contribution < -0.4 is 4.89 Å². The summed E-state index contributed by atoms with van der Waals surface area (Å²) < 4.78 is 33.4. The molecule has 0 aliphatic carbocycles. The number of phosphoric ester groups is 1. The summed E-state index contributed by atoms with van der Waals surface area (Å²) in [6.07, 6.45) is 8.00. The zero-order chi connectivity index (χ0) is 22.9. The Kier molecular flexibility index (Phi) is 16.8. The van der Waals surface area contributed by atoms with Gasteiger partial charge >= 0.3 is 5.97 Å². The lowest BCUT2D eigenvalue weighted by atomic mass is 10.1. The predicted molar refractivity (Wildman–Crippen MR) is 116 cm³/mol. The number of likely N-dealkylation sites (N-methyl/N-ethyl adjacent to an activating group) is 1. The van der Waals surface area contributed by atoms with Gasteiger partial charge in [0.1, 0.15) is 19.3 Å². The van der Waals surface area contributed by atoms with Crippen molar-refractivity contribution in [3.63, 3.8) is 0 Å². The van der Waals surface area contributed by atoms with Crippen LogP contribution in [0.4, 0.5) is 0 Å². The van der Waals surface area contributed by atoms with Gasteiger partial charge in [0.15, 0.2) is 0 Å². The highest BCUT2D eigenvalue weighted by Crippen LogP contribution is 2.38. The molecule has 0 radical (unpaired) electrons. The number of carbonyl (C=O) groups excluding carboxylic acids is 1. The van der Waals surface area contributed by atoms with Gasteiger partial charge in [0, 0.05) is 13.0 Å². The van der Waals surface area contributed by atoms with Crippen LogP contribution in [-0.2, 0) is 27.9 Å². The third-order valence-electron chi connectivity index (χ3n) is 4.41. The standard InChI is InChI=1S/C21H44NO7P/c1-6-8-10-11-12-13-16-26-18-20(29-21(23)14-9-7-2)19-28-30(24,25)27-17-15-22(3,4)5/h20H,6-19H2,1-5H3. The van der Waals surface area contributed by atoms with E-state index in [1.807, 2.05) is 28.1 Å². The first-order chi connectivity index (χ1) is 14.1. The van der Waals surface area contributed by atoms with Gasteiger partial charge in [-0.15, -0.1) is 0 Å². The third-order valence-corrected chi connectivity index (χ3v) is 5.37. The van der Waals surface area contributed by atoms with Gasteiger partial charge in [0.2, 0.25) is 0 Å². The van der Waals surface area contributed by atoms with Crippen molar-refractivity contribution < 1.29 is 37.3 Å². The number of nitrogens with zero attached hydrogens (tertiary/aromatic N) is 1. The van der Waals surface area contributed by atoms with Gasteiger partial charge in [0.05, 0.1) is 34.4 Å². The average molecular weight is 454 g/mol. The van der Waals surface area contributed by atoms with Crippen LogP contribution in [0, 0.1) is 0 Å². The number of esters is 1. The molecular weight excluding hydrogens is 409 g/mol. The molecule has 0 bridgehead atoms. The second-order valence-corrected chi connectivity index (χ2v) is 10.1. The molecule has 180 valence electrons. The van der Waals surface area contributed by atoms with Crippen molar-refractivity contribution in [1.82, 2.24) is 0 Å². The maximum Gasteiger partial charge on any atom is 0.306 e. The Morgan fingerprint density at radius 3 is 2.17 bits per heavy atom. The number of phosphoric acid groups is 1. The topological polar surface area (TPSA) is 94.1 Å². The third kappa shape index (κ3) is 19.5. The molecule has 0 amide bonds. The predicted octanol–water partition coefficient (Wildman–Crippen LogP) is 3.67. The number of rotatable bonds is 20. The summed E-state index contributed by atoms with van der Waals surface area (Å²) in [6.45, 7) is 5.06. The molecule has 0 saturated carbocycles. The highest BCUT2D eigenvalue weighted by Gasteiger charge is 2.20. The van der Waals surface area contributed by atoms with E-state index < -0.39 is 13.9 Å². The Hall–Kier alpha value is -0.500. The molecule has 8 nitrogen and oxygen atoms in total. The van der Waals surface area contributed by atoms with Gasteiger partial charge in [-0.2, -0.15) is 0 Å². The van der Waals surface area contributed by atoms with E-state index in [2.05, 4.69) is 6.92 Å². The molecule has 0 aromatic carbocycles. The summed E-state index contributed by atoms with van der Waals surface area (Å²) in [4.78, 5) is 23.9. The maximum atomic E-state index is 12.0. The molecule has 0 N–H and O–H groups in total. The molecule has 0 heterocycles. The maximum absolute atomic E-state index is 12.0. The first-order valence-electron chi connectivity index (χ1n) is 11.3. The zero-order valence-corrected chi connectivity index (χ0v) is 20.6. The summed E-state index contributed by atoms with van der Waals surface area (Å²) in [5, 5.41) is 0. The molecular formula is C21H44NO7P. The van der Waals surface area contributed by atoms with Crippen molar-refractivity contribution in [3.8, 4) is 0 Å². The van der Waals surface area contributed by atoms with Crippen LogP contribution in [0.2, 0.25) is 0 Å². The van der Waals surface area contributed by atoms with Gasteiger partial charge in [-0.05, 0) is 12.8 Å². The fourth-order valence-corrected chi connectivity index (χ4v) is 3.25. The van der Waals surface area contributed by atoms with Crippen LogP contribution in [-0.4, -0.2) is 70.7 Å². The number of hydrogen-bond acceptors (Lipinski definition) is 7. The molecule has 0 aliphatic rings. The smallest absolute Gasteiger partial charge is 0.306 e. The minimum absolute atomic E-state index is 0.0275. The minimum atomic E-state index is -4.46. The Bertz CT molecular complexity index is 482. The van der Waals surface area contributed by atoms with E-state index in [1.54, 1.807) is 0 Å². The second-order valence-electron chi connectivity index (χ2n) is 8.65. The molecule has 0 saturated heterocycles. The highest BCUT2D eigenvalue weighted by molar-refractivity contribution is 7.45. The van der Waals surface area contributed by atoms with Crippen molar-refractivity contribution in [2.75, 3.05) is 54.1 Å². The van der Waals surface area contributed by atoms with Gasteiger partial charge < -0.3 is 27.9 Å². The van der Waals surface area contributed by atoms with Crippen LogP contribution in [0.25, 0.3) is 0 Å². The van der Waals surface area contributed by atoms with E-state index in [4.69, 9.17) is 18.5 Å². The van der Waals surface area contributed by atoms with Gasteiger partial charge in [-0.3, -0.25) is 9.36 Å². The van der Waals surface area contributed by atoms with E-state index in [-0.39, 0.29) is 25.8 Å². The molecule has 0 aromatic heterocycles. The number of quaternary nitrogens is 1. The molecule has 0 aliphatic heterocycles. The second kappa shape index (κ2) is 17.1. The minimum Gasteiger partial charge on any atom is -0.756 e. The molecule has 0 aromatic rings. The van der Waals surface area contributed by atoms with Crippen molar-refractivity contribution >= 4 is 13.8 Å². The summed E-state index contributed by atoms with van der Waals surface area (Å²) in [5.41, 5.74) is 0. The van der Waals surface area contributed by atoms with E-state index >= 15 is 0 Å². The Balaban J connectivity index is 4.37. The fraction of sp³-hybridized carbons (Fsp3) is 0.952. The lowest BCUT2D eigenvalue weighted by Crippen LogP contribution is -2.37. The monoisotopic (exact) mass is 453 g/mol. The zero-order valence-electron chi connectivity index (χ0n) is 19.7. The lowest BCUT2D eigenvalue weighted by Gasteiger charge is -2.28. The molecule has 2 unspecified atom stereocenters. The highest BCUT2D eigenvalue weighted by atomic mass is 31.2. The van der Waals surface area contributed by atoms with Crippen LogP contribution >= 0.6 is 7.82 Å². The summed E-state index contributed by atoms with van der Waals surface area (Å²) >= 11 is 0. The largest absolute Gasteiger partial charge is 0.756 e. The number of ether oxygens (including phenoxy) is 2. The fourth-order valence-electron chi connectivity index (χ4n) is 2.52. The van der Waals surface area contributed by atoms with E-state index in [9.17, 15) is 14.3 Å². The van der Waals surface area contributed by atoms with Gasteiger partial charge in [0.25, 0.3) is 7.82 Å². The van der Waals surface area contributed by atoms with E-state index in [1.165, 1.54) is 25.7 Å². The van der Waals surface area contributed by atoms with Gasteiger partial charge in [-0.1, -0.05) is 52.4 Å². The van der Waals surface area contributed by atoms with Crippen LogP contribution in [0.1, 0.15) is 71.6 Å². The van der Waals surface area contributed by atoms with Crippen molar-refractivity contribution in [2.45, 2.75) is 77.7 Å². The Morgan fingerprint density at radius 1 is 0.900 bits per heavy atom. The Morgan fingerprint density at radius 2 is 1.53 bits per heavy atom. The van der Waals surface area contributed by atoms with Crippen molar-refractivity contribution in [2.24, 2.45) is 0 Å². The van der Waals surface area contributed by atoms with E-state index in [0.29, 0.717) is 24.1 Å².